The van der Waals surface area contributed by atoms with E-state index >= 15 is 0 Å². The third kappa shape index (κ3) is 2.23. The van der Waals surface area contributed by atoms with Gasteiger partial charge in [-0.1, -0.05) is 50.6 Å². The molecule has 82 valence electrons. The van der Waals surface area contributed by atoms with E-state index in [-0.39, 0.29) is 0 Å². The number of rotatable bonds is 3. The van der Waals surface area contributed by atoms with Crippen molar-refractivity contribution in [1.29, 1.82) is 0 Å². The number of hydrogen-bond acceptors (Lipinski definition) is 1. The summed E-state index contributed by atoms with van der Waals surface area (Å²) in [6.45, 7) is 5.85. The van der Waals surface area contributed by atoms with Crippen molar-refractivity contribution >= 4 is 0 Å². The van der Waals surface area contributed by atoms with Gasteiger partial charge in [0, 0.05) is 6.04 Å². The molecule has 0 aliphatic carbocycles. The van der Waals surface area contributed by atoms with Crippen LogP contribution in [0.25, 0.3) is 0 Å². The van der Waals surface area contributed by atoms with Crippen LogP contribution in [0.4, 0.5) is 0 Å². The molecular formula is C14H21N. The summed E-state index contributed by atoms with van der Waals surface area (Å²) in [5.74, 6) is 1.64. The lowest BCUT2D eigenvalue weighted by molar-refractivity contribution is 0.316. The average Bonchev–Trinajstić information content (AvgIpc) is 2.78. The predicted octanol–water partition coefficient (Wildman–Crippen LogP) is 3.38. The Bertz CT molecular complexity index is 293. The lowest BCUT2D eigenvalue weighted by Gasteiger charge is -2.25. The molecule has 1 aliphatic heterocycles. The van der Waals surface area contributed by atoms with Gasteiger partial charge in [-0.3, -0.25) is 0 Å². The summed E-state index contributed by atoms with van der Waals surface area (Å²) < 4.78 is 0. The maximum absolute atomic E-state index is 3.64. The van der Waals surface area contributed by atoms with Crippen LogP contribution < -0.4 is 5.32 Å². The molecule has 1 aromatic carbocycles. The van der Waals surface area contributed by atoms with E-state index in [1.807, 2.05) is 0 Å². The lowest BCUT2D eigenvalue weighted by atomic mass is 9.83. The second kappa shape index (κ2) is 4.80. The molecule has 15 heavy (non-hydrogen) atoms. The van der Waals surface area contributed by atoms with Gasteiger partial charge in [0.25, 0.3) is 0 Å². The third-order valence-electron chi connectivity index (χ3n) is 3.80. The second-order valence-electron chi connectivity index (χ2n) is 4.68. The minimum absolute atomic E-state index is 0.584. The Morgan fingerprint density at radius 3 is 2.73 bits per heavy atom. The van der Waals surface area contributed by atoms with Crippen molar-refractivity contribution in [3.63, 3.8) is 0 Å². The summed E-state index contributed by atoms with van der Waals surface area (Å²) in [6, 6.07) is 11.5. The normalized spacial score (nSPS) is 27.9. The van der Waals surface area contributed by atoms with Crippen LogP contribution in [-0.4, -0.2) is 6.54 Å². The van der Waals surface area contributed by atoms with Crippen molar-refractivity contribution in [1.82, 2.24) is 5.32 Å². The highest BCUT2D eigenvalue weighted by molar-refractivity contribution is 5.21. The molecule has 1 N–H and O–H groups in total. The highest BCUT2D eigenvalue weighted by Gasteiger charge is 2.30. The van der Waals surface area contributed by atoms with Crippen LogP contribution in [0.1, 0.15) is 38.3 Å². The first-order chi connectivity index (χ1) is 7.33. The second-order valence-corrected chi connectivity index (χ2v) is 4.68. The lowest BCUT2D eigenvalue weighted by Crippen LogP contribution is -2.21. The fourth-order valence-corrected chi connectivity index (χ4v) is 2.66. The van der Waals surface area contributed by atoms with Crippen LogP contribution in [0.3, 0.4) is 0 Å². The first-order valence-electron chi connectivity index (χ1n) is 6.11. The first kappa shape index (κ1) is 10.7. The maximum atomic E-state index is 3.64. The Balaban J connectivity index is 2.15. The Kier molecular flexibility index (Phi) is 3.42. The topological polar surface area (TPSA) is 12.0 Å². The van der Waals surface area contributed by atoms with Crippen molar-refractivity contribution < 1.29 is 0 Å². The smallest absolute Gasteiger partial charge is 0.0351 e. The van der Waals surface area contributed by atoms with Gasteiger partial charge in [0.1, 0.15) is 0 Å². The maximum Gasteiger partial charge on any atom is 0.0351 e. The van der Waals surface area contributed by atoms with Gasteiger partial charge in [0.15, 0.2) is 0 Å². The highest BCUT2D eigenvalue weighted by atomic mass is 15.0. The molecule has 3 atom stereocenters. The molecule has 0 amide bonds. The van der Waals surface area contributed by atoms with E-state index in [9.17, 15) is 0 Å². The summed E-state index contributed by atoms with van der Waals surface area (Å²) in [7, 11) is 0. The number of benzene rings is 1. The molecule has 1 heteroatoms. The first-order valence-corrected chi connectivity index (χ1v) is 6.11. The quantitative estimate of drug-likeness (QED) is 0.794. The molecule has 0 aromatic heterocycles. The highest BCUT2D eigenvalue weighted by Crippen LogP contribution is 2.35. The zero-order chi connectivity index (χ0) is 10.7. The minimum atomic E-state index is 0.584. The average molecular weight is 203 g/mol. The molecule has 0 spiro atoms. The Morgan fingerprint density at radius 1 is 1.33 bits per heavy atom. The molecule has 1 aromatic rings. The summed E-state index contributed by atoms with van der Waals surface area (Å²) >= 11 is 0. The standard InChI is InChI=1S/C14H21N/c1-3-11(2)13-9-10-15-14(13)12-7-5-4-6-8-12/h4-8,11,13-15H,3,9-10H2,1-2H3. The number of nitrogens with one attached hydrogen (secondary N) is 1. The zero-order valence-electron chi connectivity index (χ0n) is 9.74. The van der Waals surface area contributed by atoms with Gasteiger partial charge in [-0.2, -0.15) is 0 Å². The van der Waals surface area contributed by atoms with E-state index in [4.69, 9.17) is 0 Å². The molecule has 2 rings (SSSR count). The van der Waals surface area contributed by atoms with Crippen molar-refractivity contribution in [3.05, 3.63) is 35.9 Å². The van der Waals surface area contributed by atoms with Crippen LogP contribution in [0.5, 0.6) is 0 Å². The van der Waals surface area contributed by atoms with Gasteiger partial charge in [-0.25, -0.2) is 0 Å². The van der Waals surface area contributed by atoms with Crippen LogP contribution in [0.15, 0.2) is 30.3 Å². The molecule has 1 saturated heterocycles. The molecule has 1 nitrogen and oxygen atoms in total. The summed E-state index contributed by atoms with van der Waals surface area (Å²) in [6.07, 6.45) is 2.62. The van der Waals surface area contributed by atoms with Crippen molar-refractivity contribution in [3.8, 4) is 0 Å². The number of hydrogen-bond donors (Lipinski definition) is 1. The fourth-order valence-electron chi connectivity index (χ4n) is 2.66. The van der Waals surface area contributed by atoms with Gasteiger partial charge in [0.2, 0.25) is 0 Å². The van der Waals surface area contributed by atoms with Gasteiger partial charge in [-0.05, 0) is 30.4 Å². The molecule has 0 radical (unpaired) electrons. The van der Waals surface area contributed by atoms with Gasteiger partial charge in [-0.15, -0.1) is 0 Å². The van der Waals surface area contributed by atoms with Crippen LogP contribution in [0, 0.1) is 11.8 Å². The van der Waals surface area contributed by atoms with Crippen LogP contribution in [-0.2, 0) is 0 Å². The predicted molar refractivity (Wildman–Crippen MR) is 64.7 cm³/mol. The molecule has 1 aliphatic rings. The molecule has 3 unspecified atom stereocenters. The van der Waals surface area contributed by atoms with Gasteiger partial charge in [0.05, 0.1) is 0 Å². The Labute approximate surface area is 92.9 Å². The summed E-state index contributed by atoms with van der Waals surface area (Å²) in [5.41, 5.74) is 1.46. The largest absolute Gasteiger partial charge is 0.310 e. The summed E-state index contributed by atoms with van der Waals surface area (Å²) in [4.78, 5) is 0. The van der Waals surface area contributed by atoms with Crippen LogP contribution in [0.2, 0.25) is 0 Å². The van der Waals surface area contributed by atoms with E-state index < -0.39 is 0 Å². The monoisotopic (exact) mass is 203 g/mol. The van der Waals surface area contributed by atoms with E-state index in [2.05, 4.69) is 49.5 Å². The van der Waals surface area contributed by atoms with E-state index in [0.717, 1.165) is 11.8 Å². The van der Waals surface area contributed by atoms with Crippen LogP contribution >= 0.6 is 0 Å². The molecular weight excluding hydrogens is 182 g/mol. The molecule has 0 saturated carbocycles. The zero-order valence-corrected chi connectivity index (χ0v) is 9.74. The van der Waals surface area contributed by atoms with Crippen molar-refractivity contribution in [2.75, 3.05) is 6.54 Å². The van der Waals surface area contributed by atoms with Gasteiger partial charge < -0.3 is 5.32 Å². The molecule has 0 bridgehead atoms. The molecule has 1 fully saturated rings. The summed E-state index contributed by atoms with van der Waals surface area (Å²) in [5, 5.41) is 3.64. The Hall–Kier alpha value is -0.820. The van der Waals surface area contributed by atoms with Crippen molar-refractivity contribution in [2.24, 2.45) is 11.8 Å². The van der Waals surface area contributed by atoms with E-state index in [1.54, 1.807) is 0 Å². The van der Waals surface area contributed by atoms with E-state index in [1.165, 1.54) is 24.9 Å². The third-order valence-corrected chi connectivity index (χ3v) is 3.80. The minimum Gasteiger partial charge on any atom is -0.310 e. The fraction of sp³-hybridized carbons (Fsp3) is 0.571. The SMILES string of the molecule is CCC(C)C1CCNC1c1ccccc1. The van der Waals surface area contributed by atoms with Gasteiger partial charge >= 0.3 is 0 Å². The van der Waals surface area contributed by atoms with E-state index in [0.29, 0.717) is 6.04 Å². The molecule has 1 heterocycles. The van der Waals surface area contributed by atoms with Crippen molar-refractivity contribution in [2.45, 2.75) is 32.7 Å². The Morgan fingerprint density at radius 2 is 2.07 bits per heavy atom.